The number of hydrogen-bond donors (Lipinski definition) is 2. The van der Waals surface area contributed by atoms with Crippen molar-refractivity contribution >= 4 is 17.5 Å². The highest BCUT2D eigenvalue weighted by atomic mass is 35.5. The van der Waals surface area contributed by atoms with Crippen LogP contribution in [-0.2, 0) is 23.2 Å². The molecule has 0 saturated heterocycles. The number of benzene rings is 2. The maximum absolute atomic E-state index is 13.0. The van der Waals surface area contributed by atoms with Crippen molar-refractivity contribution in [3.05, 3.63) is 97.7 Å². The Morgan fingerprint density at radius 3 is 2.66 bits per heavy atom. The number of aliphatic hydroxyl groups excluding tert-OH is 1. The fraction of sp³-hybridized carbons (Fsp3) is 0.320. The summed E-state index contributed by atoms with van der Waals surface area (Å²) in [7, 11) is 0. The number of carbonyl (C=O) groups is 1. The molecular formula is C25H24ClN3O3. The summed E-state index contributed by atoms with van der Waals surface area (Å²) in [6.07, 6.45) is 1.06. The summed E-state index contributed by atoms with van der Waals surface area (Å²) in [6, 6.07) is 15.0. The van der Waals surface area contributed by atoms with Crippen LogP contribution < -0.4 is 5.56 Å². The average Bonchev–Trinajstić information content (AvgIpc) is 3.60. The molecule has 1 aliphatic carbocycles. The molecule has 5 rings (SSSR count). The number of aliphatic hydroxyl groups is 1. The number of fused-ring (bicyclic) bond motifs is 1. The number of amides is 1. The van der Waals surface area contributed by atoms with Crippen LogP contribution >= 0.6 is 11.6 Å². The molecule has 2 aromatic carbocycles. The Morgan fingerprint density at radius 2 is 1.97 bits per heavy atom. The van der Waals surface area contributed by atoms with Crippen molar-refractivity contribution in [2.45, 2.75) is 44.2 Å². The Labute approximate surface area is 190 Å². The molecular weight excluding hydrogens is 426 g/mol. The maximum atomic E-state index is 13.0. The minimum Gasteiger partial charge on any atom is -0.378 e. The van der Waals surface area contributed by atoms with Crippen molar-refractivity contribution in [1.82, 2.24) is 14.9 Å². The van der Waals surface area contributed by atoms with Gasteiger partial charge in [0.15, 0.2) is 6.10 Å². The first-order valence-electron chi connectivity index (χ1n) is 10.8. The number of carbonyl (C=O) groups excluding carboxylic acids is 1. The van der Waals surface area contributed by atoms with E-state index in [9.17, 15) is 14.7 Å². The molecule has 2 heterocycles. The summed E-state index contributed by atoms with van der Waals surface area (Å²) < 4.78 is 0. The van der Waals surface area contributed by atoms with Gasteiger partial charge in [-0.2, -0.15) is 0 Å². The third-order valence-corrected chi connectivity index (χ3v) is 6.82. The molecule has 0 bridgehead atoms. The first-order chi connectivity index (χ1) is 15.4. The lowest BCUT2D eigenvalue weighted by Crippen LogP contribution is -2.42. The van der Waals surface area contributed by atoms with Crippen molar-refractivity contribution in [3.8, 4) is 0 Å². The van der Waals surface area contributed by atoms with Gasteiger partial charge in [0.05, 0.1) is 23.2 Å². The van der Waals surface area contributed by atoms with Crippen molar-refractivity contribution < 1.29 is 9.90 Å². The summed E-state index contributed by atoms with van der Waals surface area (Å²) in [5.74, 6) is 0.267. The van der Waals surface area contributed by atoms with Gasteiger partial charge >= 0.3 is 0 Å². The van der Waals surface area contributed by atoms with E-state index in [1.165, 1.54) is 16.0 Å². The zero-order valence-electron chi connectivity index (χ0n) is 17.8. The fourth-order valence-corrected chi connectivity index (χ4v) is 4.69. The zero-order valence-corrected chi connectivity index (χ0v) is 18.5. The van der Waals surface area contributed by atoms with E-state index in [0.717, 1.165) is 18.5 Å². The molecule has 1 saturated carbocycles. The van der Waals surface area contributed by atoms with E-state index in [0.29, 0.717) is 34.9 Å². The Bertz CT molecular complexity index is 1250. The van der Waals surface area contributed by atoms with E-state index >= 15 is 0 Å². The number of halogens is 1. The second-order valence-electron chi connectivity index (χ2n) is 8.76. The predicted molar refractivity (Wildman–Crippen MR) is 122 cm³/mol. The van der Waals surface area contributed by atoms with Crippen molar-refractivity contribution in [1.29, 1.82) is 0 Å². The lowest BCUT2D eigenvalue weighted by molar-refractivity contribution is -0.141. The van der Waals surface area contributed by atoms with Gasteiger partial charge in [0.1, 0.15) is 5.82 Å². The van der Waals surface area contributed by atoms with Gasteiger partial charge in [0.25, 0.3) is 11.5 Å². The van der Waals surface area contributed by atoms with E-state index in [1.54, 1.807) is 24.3 Å². The summed E-state index contributed by atoms with van der Waals surface area (Å²) in [5, 5.41) is 11.0. The van der Waals surface area contributed by atoms with Gasteiger partial charge in [-0.3, -0.25) is 9.59 Å². The number of nitrogens with zero attached hydrogens (tertiary/aromatic N) is 2. The highest BCUT2D eigenvalue weighted by Crippen LogP contribution is 2.52. The largest absolute Gasteiger partial charge is 0.378 e. The Hall–Kier alpha value is -2.96. The Morgan fingerprint density at radius 1 is 1.22 bits per heavy atom. The number of hydrogen-bond acceptors (Lipinski definition) is 4. The number of aromatic nitrogens is 2. The number of aryl methyl sites for hydroxylation is 1. The smallest absolute Gasteiger partial charge is 0.256 e. The van der Waals surface area contributed by atoms with Crippen LogP contribution in [0.3, 0.4) is 0 Å². The van der Waals surface area contributed by atoms with Gasteiger partial charge in [-0.15, -0.1) is 0 Å². The van der Waals surface area contributed by atoms with Crippen LogP contribution in [0, 0.1) is 6.92 Å². The summed E-state index contributed by atoms with van der Waals surface area (Å²) in [5.41, 5.74) is 3.60. The number of nitrogens with one attached hydrogen (secondary N) is 1. The minimum absolute atomic E-state index is 0.131. The number of aromatic amines is 1. The van der Waals surface area contributed by atoms with Crippen LogP contribution in [0.4, 0.5) is 0 Å². The normalized spacial score (nSPS) is 17.5. The highest BCUT2D eigenvalue weighted by Gasteiger charge is 2.48. The van der Waals surface area contributed by atoms with Gasteiger partial charge in [-0.05, 0) is 43.0 Å². The van der Waals surface area contributed by atoms with Crippen LogP contribution in [0.1, 0.15) is 52.7 Å². The summed E-state index contributed by atoms with van der Waals surface area (Å²) in [4.78, 5) is 35.2. The quantitative estimate of drug-likeness (QED) is 0.639. The van der Waals surface area contributed by atoms with Gasteiger partial charge in [0.2, 0.25) is 0 Å². The predicted octanol–water partition coefficient (Wildman–Crippen LogP) is 3.43. The average molecular weight is 450 g/mol. The topological polar surface area (TPSA) is 86.3 Å². The maximum Gasteiger partial charge on any atom is 0.256 e. The third kappa shape index (κ3) is 3.63. The standard InChI is InChI=1S/C25H24ClN3O3/c1-15-5-7-17(8-6-15)25(10-11-25)24-27-20-9-12-29(14-19(20)22(31)28-24)23(32)21(30)16-3-2-4-18(26)13-16/h2-8,13,21,30H,9-12,14H2,1H3,(H,27,28,31)/t21-/m1/s1. The molecule has 32 heavy (non-hydrogen) atoms. The van der Waals surface area contributed by atoms with Crippen LogP contribution in [0.15, 0.2) is 53.3 Å². The van der Waals surface area contributed by atoms with E-state index in [4.69, 9.17) is 16.6 Å². The molecule has 1 fully saturated rings. The zero-order chi connectivity index (χ0) is 22.5. The molecule has 2 aliphatic rings. The second-order valence-corrected chi connectivity index (χ2v) is 9.19. The van der Waals surface area contributed by atoms with Crippen LogP contribution in [0.25, 0.3) is 0 Å². The van der Waals surface area contributed by atoms with Crippen molar-refractivity contribution in [3.63, 3.8) is 0 Å². The lowest BCUT2D eigenvalue weighted by Gasteiger charge is -2.30. The molecule has 164 valence electrons. The first-order valence-corrected chi connectivity index (χ1v) is 11.2. The van der Waals surface area contributed by atoms with Crippen LogP contribution in [0.5, 0.6) is 0 Å². The number of H-pyrrole nitrogens is 1. The van der Waals surface area contributed by atoms with E-state index in [-0.39, 0.29) is 17.5 Å². The first kappa shape index (κ1) is 20.9. The highest BCUT2D eigenvalue weighted by molar-refractivity contribution is 6.30. The molecule has 7 heteroatoms. The molecule has 1 amide bonds. The third-order valence-electron chi connectivity index (χ3n) is 6.59. The summed E-state index contributed by atoms with van der Waals surface area (Å²) in [6.45, 7) is 2.58. The Balaban J connectivity index is 1.40. The second kappa shape index (κ2) is 7.87. The SMILES string of the molecule is Cc1ccc(C2(c3nc4c(c(=O)[nH]3)CN(C(=O)[C@H](O)c3cccc(Cl)c3)CC4)CC2)cc1. The molecule has 0 radical (unpaired) electrons. The molecule has 3 aromatic rings. The molecule has 0 unspecified atom stereocenters. The van der Waals surface area contributed by atoms with Gasteiger partial charge < -0.3 is 15.0 Å². The van der Waals surface area contributed by atoms with Crippen LogP contribution in [-0.4, -0.2) is 32.4 Å². The molecule has 1 aromatic heterocycles. The number of rotatable bonds is 4. The van der Waals surface area contributed by atoms with E-state index < -0.39 is 12.0 Å². The fourth-order valence-electron chi connectivity index (χ4n) is 4.49. The molecule has 0 spiro atoms. The van der Waals surface area contributed by atoms with Gasteiger partial charge in [-0.1, -0.05) is 53.6 Å². The van der Waals surface area contributed by atoms with Gasteiger partial charge in [0, 0.05) is 18.0 Å². The van der Waals surface area contributed by atoms with Gasteiger partial charge in [-0.25, -0.2) is 4.98 Å². The van der Waals surface area contributed by atoms with E-state index in [2.05, 4.69) is 36.2 Å². The molecule has 6 nitrogen and oxygen atoms in total. The Kier molecular flexibility index (Phi) is 5.14. The van der Waals surface area contributed by atoms with E-state index in [1.807, 2.05) is 0 Å². The molecule has 1 aliphatic heterocycles. The summed E-state index contributed by atoms with van der Waals surface area (Å²) >= 11 is 5.99. The monoisotopic (exact) mass is 449 g/mol. The minimum atomic E-state index is -1.32. The van der Waals surface area contributed by atoms with Crippen LogP contribution in [0.2, 0.25) is 5.02 Å². The van der Waals surface area contributed by atoms with Crippen molar-refractivity contribution in [2.24, 2.45) is 0 Å². The molecule has 2 N–H and O–H groups in total. The van der Waals surface area contributed by atoms with Crippen molar-refractivity contribution in [2.75, 3.05) is 6.54 Å². The lowest BCUT2D eigenvalue weighted by atomic mass is 9.93. The molecule has 1 atom stereocenters.